The molecule has 0 bridgehead atoms. The Bertz CT molecular complexity index is 1130. The van der Waals surface area contributed by atoms with Crippen LogP contribution >= 0.6 is 0 Å². The molecule has 2 aromatic heterocycles. The molecule has 3 N–H and O–H groups in total. The lowest BCUT2D eigenvalue weighted by Gasteiger charge is -2.17. The minimum absolute atomic E-state index is 0.0359. The quantitative estimate of drug-likeness (QED) is 0.700. The summed E-state index contributed by atoms with van der Waals surface area (Å²) < 4.78 is 71.1. The first kappa shape index (κ1) is 22.2. The van der Waals surface area contributed by atoms with Gasteiger partial charge in [0.25, 0.3) is 0 Å². The minimum Gasteiger partial charge on any atom is -0.305 e. The molecule has 2 heterocycles. The highest BCUT2D eigenvalue weighted by molar-refractivity contribution is 7.91. The SMILES string of the molecule is CCn1cc(F)c(S(N)(=O)=NC(=O)Nc2c(C)c(C(F)(F)F)nc3c2CC(C)C3)n1. The van der Waals surface area contributed by atoms with Gasteiger partial charge in [-0.2, -0.15) is 18.3 Å². The summed E-state index contributed by atoms with van der Waals surface area (Å²) in [6, 6.07) is -1.27. The highest BCUT2D eigenvalue weighted by Crippen LogP contribution is 2.40. The van der Waals surface area contributed by atoms with E-state index in [1.807, 2.05) is 6.92 Å². The first-order valence-corrected chi connectivity index (χ1v) is 10.6. The molecule has 0 aliphatic heterocycles. The number of nitrogens with two attached hydrogens (primary N) is 1. The number of carbonyl (C=O) groups excluding carboxylic acids is 1. The maximum atomic E-state index is 14.0. The Kier molecular flexibility index (Phi) is 5.62. The van der Waals surface area contributed by atoms with Gasteiger partial charge in [0.15, 0.2) is 15.7 Å². The van der Waals surface area contributed by atoms with Gasteiger partial charge in [0.1, 0.15) is 5.69 Å². The number of urea groups is 1. The molecule has 0 saturated carbocycles. The molecule has 2 unspecified atom stereocenters. The first-order chi connectivity index (χ1) is 13.8. The molecule has 2 amide bonds. The zero-order valence-corrected chi connectivity index (χ0v) is 17.2. The van der Waals surface area contributed by atoms with Gasteiger partial charge in [-0.1, -0.05) is 6.92 Å². The van der Waals surface area contributed by atoms with Gasteiger partial charge in [-0.25, -0.2) is 23.5 Å². The third kappa shape index (κ3) is 4.17. The first-order valence-electron chi connectivity index (χ1n) is 9.01. The summed E-state index contributed by atoms with van der Waals surface area (Å²) in [5, 5.41) is 10.8. The number of amides is 2. The Balaban J connectivity index is 2.03. The molecular formula is C17H20F4N6O2S. The molecule has 0 spiro atoms. The minimum atomic E-state index is -4.72. The van der Waals surface area contributed by atoms with Crippen LogP contribution in [0.3, 0.4) is 0 Å². The van der Waals surface area contributed by atoms with Crippen LogP contribution in [0.5, 0.6) is 0 Å². The zero-order chi connectivity index (χ0) is 22.4. The monoisotopic (exact) mass is 448 g/mol. The molecule has 30 heavy (non-hydrogen) atoms. The number of pyridine rings is 1. The smallest absolute Gasteiger partial charge is 0.305 e. The summed E-state index contributed by atoms with van der Waals surface area (Å²) in [6.45, 7) is 4.95. The van der Waals surface area contributed by atoms with Crippen LogP contribution in [0.4, 0.5) is 28.0 Å². The van der Waals surface area contributed by atoms with Gasteiger partial charge in [0.2, 0.25) is 5.03 Å². The van der Waals surface area contributed by atoms with Crippen LogP contribution in [0.15, 0.2) is 15.6 Å². The standard InChI is InChI=1S/C17H20F4N6O2S/c1-4-27-7-11(18)15(25-27)30(22,29)26-16(28)24-13-9(3)14(17(19,20)21)23-12-6-8(2)5-10(12)13/h7-8H,4-6H2,1-3H3,(H3,22,23,24,26,28,29). The van der Waals surface area contributed by atoms with Crippen LogP contribution in [-0.4, -0.2) is 25.0 Å². The molecule has 1 aliphatic rings. The van der Waals surface area contributed by atoms with Gasteiger partial charge in [0.05, 0.1) is 11.9 Å². The van der Waals surface area contributed by atoms with Gasteiger partial charge >= 0.3 is 12.2 Å². The van der Waals surface area contributed by atoms with Crippen LogP contribution in [0, 0.1) is 18.7 Å². The molecule has 8 nitrogen and oxygen atoms in total. The van der Waals surface area contributed by atoms with E-state index in [0.29, 0.717) is 18.4 Å². The maximum absolute atomic E-state index is 14.0. The average molecular weight is 448 g/mol. The van der Waals surface area contributed by atoms with Gasteiger partial charge in [-0.3, -0.25) is 4.68 Å². The Morgan fingerprint density at radius 2 is 2.10 bits per heavy atom. The number of anilines is 1. The Hall–Kier alpha value is -2.54. The lowest BCUT2D eigenvalue weighted by atomic mass is 10.0. The zero-order valence-electron chi connectivity index (χ0n) is 16.4. The highest BCUT2D eigenvalue weighted by Gasteiger charge is 2.38. The maximum Gasteiger partial charge on any atom is 0.433 e. The Morgan fingerprint density at radius 3 is 2.67 bits per heavy atom. The van der Waals surface area contributed by atoms with E-state index < -0.39 is 38.7 Å². The van der Waals surface area contributed by atoms with Crippen molar-refractivity contribution in [3.05, 3.63) is 34.5 Å². The fraction of sp³-hybridized carbons (Fsp3) is 0.471. The molecule has 0 saturated heterocycles. The van der Waals surface area contributed by atoms with Gasteiger partial charge in [0, 0.05) is 17.8 Å². The second-order valence-electron chi connectivity index (χ2n) is 7.12. The largest absolute Gasteiger partial charge is 0.433 e. The number of nitrogens with one attached hydrogen (secondary N) is 1. The van der Waals surface area contributed by atoms with Gasteiger partial charge < -0.3 is 5.32 Å². The van der Waals surface area contributed by atoms with Crippen LogP contribution in [0.2, 0.25) is 0 Å². The molecule has 0 radical (unpaired) electrons. The average Bonchev–Trinajstić information content (AvgIpc) is 3.18. The molecule has 2 atom stereocenters. The van der Waals surface area contributed by atoms with Crippen molar-refractivity contribution in [3.63, 3.8) is 0 Å². The topological polar surface area (TPSA) is 115 Å². The summed E-state index contributed by atoms with van der Waals surface area (Å²) in [5.74, 6) is -0.969. The number of rotatable bonds is 3. The van der Waals surface area contributed by atoms with Gasteiger partial charge in [-0.05, 0) is 38.2 Å². The van der Waals surface area contributed by atoms with Crippen LogP contribution in [-0.2, 0) is 35.5 Å². The van der Waals surface area contributed by atoms with Crippen molar-refractivity contribution in [2.75, 3.05) is 5.32 Å². The molecule has 2 aromatic rings. The Labute approximate surface area is 170 Å². The molecule has 13 heteroatoms. The number of hydrogen-bond donors (Lipinski definition) is 2. The highest BCUT2D eigenvalue weighted by atomic mass is 32.2. The number of nitrogens with zero attached hydrogens (tertiary/aromatic N) is 4. The lowest BCUT2D eigenvalue weighted by Crippen LogP contribution is -2.21. The van der Waals surface area contributed by atoms with Crippen LogP contribution < -0.4 is 10.5 Å². The van der Waals surface area contributed by atoms with E-state index in [2.05, 4.69) is 19.8 Å². The summed E-state index contributed by atoms with van der Waals surface area (Å²) in [5.41, 5.74) is -0.811. The van der Waals surface area contributed by atoms with Crippen molar-refractivity contribution in [3.8, 4) is 0 Å². The van der Waals surface area contributed by atoms with E-state index in [-0.39, 0.29) is 29.4 Å². The van der Waals surface area contributed by atoms with E-state index in [9.17, 15) is 26.6 Å². The van der Waals surface area contributed by atoms with Gasteiger partial charge in [-0.15, -0.1) is 4.36 Å². The molecule has 0 aromatic carbocycles. The van der Waals surface area contributed by atoms with Crippen molar-refractivity contribution in [1.82, 2.24) is 14.8 Å². The number of fused-ring (bicyclic) bond motifs is 1. The molecule has 3 rings (SSSR count). The van der Waals surface area contributed by atoms with Crippen molar-refractivity contribution in [2.45, 2.75) is 51.4 Å². The van der Waals surface area contributed by atoms with Crippen molar-refractivity contribution >= 4 is 21.6 Å². The fourth-order valence-electron chi connectivity index (χ4n) is 3.40. The molecule has 1 aliphatic carbocycles. The molecule has 164 valence electrons. The number of hydrogen-bond acceptors (Lipinski definition) is 4. The summed E-state index contributed by atoms with van der Waals surface area (Å²) in [7, 11) is -4.06. The number of aryl methyl sites for hydroxylation is 1. The van der Waals surface area contributed by atoms with Crippen molar-refractivity contribution in [2.24, 2.45) is 15.4 Å². The third-order valence-corrected chi connectivity index (χ3v) is 6.00. The number of carbonyl (C=O) groups is 1. The molecular weight excluding hydrogens is 428 g/mol. The van der Waals surface area contributed by atoms with E-state index in [4.69, 9.17) is 5.14 Å². The Morgan fingerprint density at radius 1 is 1.43 bits per heavy atom. The number of alkyl halides is 3. The van der Waals surface area contributed by atoms with Crippen molar-refractivity contribution in [1.29, 1.82) is 0 Å². The van der Waals surface area contributed by atoms with Crippen LogP contribution in [0.25, 0.3) is 0 Å². The lowest BCUT2D eigenvalue weighted by molar-refractivity contribution is -0.141. The van der Waals surface area contributed by atoms with Crippen LogP contribution in [0.1, 0.15) is 36.4 Å². The summed E-state index contributed by atoms with van der Waals surface area (Å²) >= 11 is 0. The van der Waals surface area contributed by atoms with E-state index in [0.717, 1.165) is 10.9 Å². The van der Waals surface area contributed by atoms with E-state index in [1.165, 1.54) is 6.92 Å². The summed E-state index contributed by atoms with van der Waals surface area (Å²) in [6.07, 6.45) is -3.04. The third-order valence-electron chi connectivity index (χ3n) is 4.73. The predicted octanol–water partition coefficient (Wildman–Crippen LogP) is 3.43. The second kappa shape index (κ2) is 7.61. The fourth-order valence-corrected chi connectivity index (χ4v) is 4.33. The second-order valence-corrected chi connectivity index (χ2v) is 8.83. The molecule has 0 fully saturated rings. The number of aromatic nitrogens is 3. The van der Waals surface area contributed by atoms with E-state index in [1.54, 1.807) is 6.92 Å². The van der Waals surface area contributed by atoms with Crippen molar-refractivity contribution < 1.29 is 26.6 Å². The number of halogens is 4. The predicted molar refractivity (Wildman–Crippen MR) is 100 cm³/mol. The summed E-state index contributed by atoms with van der Waals surface area (Å²) in [4.78, 5) is 16.1. The normalized spacial score (nSPS) is 18.1. The van der Waals surface area contributed by atoms with E-state index >= 15 is 0 Å².